The molecule has 0 aliphatic rings. The van der Waals surface area contributed by atoms with Crippen molar-refractivity contribution in [2.45, 2.75) is 19.6 Å². The van der Waals surface area contributed by atoms with Gasteiger partial charge in [0.05, 0.1) is 26.4 Å². The van der Waals surface area contributed by atoms with Crippen molar-refractivity contribution < 1.29 is 24.1 Å². The molecule has 0 saturated heterocycles. The van der Waals surface area contributed by atoms with Crippen molar-refractivity contribution in [3.8, 4) is 0 Å². The number of carboxylic acids is 1. The number of rotatable bonds is 11. The third kappa shape index (κ3) is 9.74. The third-order valence-corrected chi connectivity index (χ3v) is 1.87. The monoisotopic (exact) mass is 244 g/mol. The number of ether oxygens (including phenoxy) is 3. The number of hydrogen-bond donors (Lipinski definition) is 1. The molecule has 0 aliphatic carbocycles. The van der Waals surface area contributed by atoms with Crippen molar-refractivity contribution in [2.75, 3.05) is 26.4 Å². The Morgan fingerprint density at radius 3 is 2.59 bits per heavy atom. The maximum absolute atomic E-state index is 10.4. The summed E-state index contributed by atoms with van der Waals surface area (Å²) >= 11 is 0. The zero-order valence-corrected chi connectivity index (χ0v) is 10.2. The van der Waals surface area contributed by atoms with Gasteiger partial charge in [-0.3, -0.25) is 0 Å². The SMILES string of the molecule is C=CCOCCOC(C)OCCC(=C)C(=O)O. The summed E-state index contributed by atoms with van der Waals surface area (Å²) in [6.07, 6.45) is 1.57. The highest BCUT2D eigenvalue weighted by atomic mass is 16.7. The normalized spacial score (nSPS) is 12.1. The van der Waals surface area contributed by atoms with Crippen LogP contribution in [0.4, 0.5) is 0 Å². The molecule has 0 aromatic carbocycles. The van der Waals surface area contributed by atoms with Crippen LogP contribution in [-0.4, -0.2) is 43.8 Å². The van der Waals surface area contributed by atoms with Gasteiger partial charge in [-0.1, -0.05) is 12.7 Å². The average molecular weight is 244 g/mol. The van der Waals surface area contributed by atoms with Crippen LogP contribution in [0.5, 0.6) is 0 Å². The van der Waals surface area contributed by atoms with Crippen LogP contribution in [0.2, 0.25) is 0 Å². The Balaban J connectivity index is 3.40. The molecule has 0 aromatic heterocycles. The van der Waals surface area contributed by atoms with Crippen LogP contribution in [0.25, 0.3) is 0 Å². The third-order valence-electron chi connectivity index (χ3n) is 1.87. The fourth-order valence-corrected chi connectivity index (χ4v) is 0.943. The van der Waals surface area contributed by atoms with Gasteiger partial charge in [0, 0.05) is 12.0 Å². The van der Waals surface area contributed by atoms with Crippen LogP contribution in [0.1, 0.15) is 13.3 Å². The molecule has 1 atom stereocenters. The van der Waals surface area contributed by atoms with E-state index in [0.717, 1.165) is 0 Å². The Kier molecular flexibility index (Phi) is 9.33. The highest BCUT2D eigenvalue weighted by Gasteiger charge is 2.06. The molecule has 17 heavy (non-hydrogen) atoms. The highest BCUT2D eigenvalue weighted by Crippen LogP contribution is 2.01. The molecule has 0 spiro atoms. The number of aliphatic carboxylic acids is 1. The van der Waals surface area contributed by atoms with Gasteiger partial charge in [0.15, 0.2) is 6.29 Å². The van der Waals surface area contributed by atoms with Gasteiger partial charge in [0.2, 0.25) is 0 Å². The lowest BCUT2D eigenvalue weighted by Gasteiger charge is -2.13. The Labute approximate surface area is 102 Å². The topological polar surface area (TPSA) is 65.0 Å². The largest absolute Gasteiger partial charge is 0.478 e. The van der Waals surface area contributed by atoms with Gasteiger partial charge in [-0.15, -0.1) is 6.58 Å². The van der Waals surface area contributed by atoms with Gasteiger partial charge >= 0.3 is 5.97 Å². The fourth-order valence-electron chi connectivity index (χ4n) is 0.943. The first-order valence-corrected chi connectivity index (χ1v) is 5.40. The fraction of sp³-hybridized carbons (Fsp3) is 0.583. The van der Waals surface area contributed by atoms with E-state index in [1.54, 1.807) is 13.0 Å². The Bertz CT molecular complexity index is 249. The summed E-state index contributed by atoms with van der Waals surface area (Å²) in [4.78, 5) is 10.4. The summed E-state index contributed by atoms with van der Waals surface area (Å²) in [5, 5.41) is 8.56. The van der Waals surface area contributed by atoms with Crippen LogP contribution < -0.4 is 0 Å². The lowest BCUT2D eigenvalue weighted by molar-refractivity contribution is -0.141. The molecule has 5 heteroatoms. The maximum atomic E-state index is 10.4. The molecule has 0 radical (unpaired) electrons. The van der Waals surface area contributed by atoms with E-state index in [2.05, 4.69) is 13.2 Å². The minimum Gasteiger partial charge on any atom is -0.478 e. The van der Waals surface area contributed by atoms with Crippen molar-refractivity contribution in [2.24, 2.45) is 0 Å². The molecule has 0 saturated carbocycles. The average Bonchev–Trinajstić information content (AvgIpc) is 2.28. The number of carboxylic acid groups (broad SMARTS) is 1. The van der Waals surface area contributed by atoms with Gasteiger partial charge < -0.3 is 19.3 Å². The van der Waals surface area contributed by atoms with E-state index < -0.39 is 5.97 Å². The summed E-state index contributed by atoms with van der Waals surface area (Å²) in [7, 11) is 0. The van der Waals surface area contributed by atoms with E-state index in [4.69, 9.17) is 19.3 Å². The zero-order chi connectivity index (χ0) is 13.1. The molecular weight excluding hydrogens is 224 g/mol. The number of carbonyl (C=O) groups is 1. The minimum absolute atomic E-state index is 0.131. The number of hydrogen-bond acceptors (Lipinski definition) is 4. The Hall–Kier alpha value is -1.17. The molecule has 1 unspecified atom stereocenters. The first kappa shape index (κ1) is 15.8. The maximum Gasteiger partial charge on any atom is 0.331 e. The molecule has 0 heterocycles. The summed E-state index contributed by atoms with van der Waals surface area (Å²) < 4.78 is 15.6. The second kappa shape index (κ2) is 10.0. The summed E-state index contributed by atoms with van der Waals surface area (Å²) in [6, 6.07) is 0. The summed E-state index contributed by atoms with van der Waals surface area (Å²) in [5.74, 6) is -1.00. The van der Waals surface area contributed by atoms with Crippen LogP contribution in [0.3, 0.4) is 0 Å². The van der Waals surface area contributed by atoms with E-state index in [0.29, 0.717) is 19.8 Å². The van der Waals surface area contributed by atoms with Gasteiger partial charge in [-0.05, 0) is 6.92 Å². The van der Waals surface area contributed by atoms with Crippen LogP contribution in [0.15, 0.2) is 24.8 Å². The molecular formula is C12H20O5. The standard InChI is InChI=1S/C12H20O5/c1-4-6-15-8-9-17-11(3)16-7-5-10(2)12(13)14/h4,11H,1-2,5-9H2,3H3,(H,13,14). The van der Waals surface area contributed by atoms with Crippen molar-refractivity contribution in [3.63, 3.8) is 0 Å². The first-order valence-electron chi connectivity index (χ1n) is 5.40. The molecule has 0 aliphatic heterocycles. The van der Waals surface area contributed by atoms with E-state index in [-0.39, 0.29) is 24.9 Å². The molecule has 0 bridgehead atoms. The second-order valence-electron chi connectivity index (χ2n) is 3.33. The predicted molar refractivity (Wildman–Crippen MR) is 63.8 cm³/mol. The van der Waals surface area contributed by atoms with E-state index in [1.165, 1.54) is 0 Å². The molecule has 0 aromatic rings. The van der Waals surface area contributed by atoms with Crippen molar-refractivity contribution in [1.82, 2.24) is 0 Å². The van der Waals surface area contributed by atoms with Crippen LogP contribution in [0, 0.1) is 0 Å². The van der Waals surface area contributed by atoms with Crippen molar-refractivity contribution >= 4 is 5.97 Å². The predicted octanol–water partition coefficient (Wildman–Crippen LogP) is 1.60. The van der Waals surface area contributed by atoms with Gasteiger partial charge in [-0.2, -0.15) is 0 Å². The zero-order valence-electron chi connectivity index (χ0n) is 10.2. The molecule has 0 fully saturated rings. The van der Waals surface area contributed by atoms with Gasteiger partial charge in [0.25, 0.3) is 0 Å². The second-order valence-corrected chi connectivity index (χ2v) is 3.33. The molecule has 0 amide bonds. The Morgan fingerprint density at radius 1 is 1.35 bits per heavy atom. The van der Waals surface area contributed by atoms with Gasteiger partial charge in [-0.25, -0.2) is 4.79 Å². The first-order chi connectivity index (χ1) is 8.07. The summed E-state index contributed by atoms with van der Waals surface area (Å²) in [6.45, 7) is 10.3. The van der Waals surface area contributed by atoms with E-state index in [1.807, 2.05) is 0 Å². The molecule has 0 rings (SSSR count). The van der Waals surface area contributed by atoms with E-state index >= 15 is 0 Å². The van der Waals surface area contributed by atoms with Crippen molar-refractivity contribution in [3.05, 3.63) is 24.8 Å². The lowest BCUT2D eigenvalue weighted by atomic mass is 10.2. The lowest BCUT2D eigenvalue weighted by Crippen LogP contribution is -2.17. The molecule has 98 valence electrons. The van der Waals surface area contributed by atoms with Crippen molar-refractivity contribution in [1.29, 1.82) is 0 Å². The van der Waals surface area contributed by atoms with E-state index in [9.17, 15) is 4.79 Å². The summed E-state index contributed by atoms with van der Waals surface area (Å²) in [5.41, 5.74) is 0.131. The van der Waals surface area contributed by atoms with Crippen LogP contribution in [-0.2, 0) is 19.0 Å². The molecule has 5 nitrogen and oxygen atoms in total. The smallest absolute Gasteiger partial charge is 0.331 e. The molecule has 1 N–H and O–H groups in total. The quantitative estimate of drug-likeness (QED) is 0.259. The highest BCUT2D eigenvalue weighted by molar-refractivity contribution is 5.85. The van der Waals surface area contributed by atoms with Crippen LogP contribution >= 0.6 is 0 Å². The van der Waals surface area contributed by atoms with Gasteiger partial charge in [0.1, 0.15) is 0 Å². The minimum atomic E-state index is -1.00. The Morgan fingerprint density at radius 2 is 2.00 bits per heavy atom.